The van der Waals surface area contributed by atoms with Crippen molar-refractivity contribution in [3.05, 3.63) is 92.2 Å². The van der Waals surface area contributed by atoms with Gasteiger partial charge in [0.15, 0.2) is 12.6 Å². The van der Waals surface area contributed by atoms with Crippen LogP contribution >= 0.6 is 11.6 Å². The standard InChI is InChI=1S/C27H23ClO5/c1-15-4-5-16(2)19(8-15)13-31-23-7-6-22-25(29)24(33-26(22)17(23)3)11-18-9-21(28)10-20-12-30-14-32-27(18)20/h4-11H,12-14H2,1-3H3/b24-11-. The maximum absolute atomic E-state index is 13.0. The Morgan fingerprint density at radius 3 is 2.76 bits per heavy atom. The third kappa shape index (κ3) is 4.10. The first kappa shape index (κ1) is 21.6. The SMILES string of the molecule is Cc1ccc(C)c(COc2ccc3c(c2C)O/C(=C\c2cc(Cl)cc4c2OCOC4)C3=O)c1. The first-order valence-electron chi connectivity index (χ1n) is 10.7. The second-order valence-electron chi connectivity index (χ2n) is 8.32. The van der Waals surface area contributed by atoms with Gasteiger partial charge in [-0.05, 0) is 62.2 Å². The van der Waals surface area contributed by atoms with Crippen LogP contribution in [0.15, 0.2) is 48.2 Å². The summed E-state index contributed by atoms with van der Waals surface area (Å²) in [5, 5.41) is 0.538. The topological polar surface area (TPSA) is 54.0 Å². The van der Waals surface area contributed by atoms with E-state index < -0.39 is 0 Å². The number of allylic oxidation sites excluding steroid dienone is 1. The predicted molar refractivity (Wildman–Crippen MR) is 126 cm³/mol. The number of hydrogen-bond donors (Lipinski definition) is 0. The number of Topliss-reactive ketones (excluding diaryl/α,β-unsaturated/α-hetero) is 1. The molecule has 168 valence electrons. The molecule has 2 heterocycles. The Balaban J connectivity index is 1.43. The highest BCUT2D eigenvalue weighted by atomic mass is 35.5. The Bertz CT molecular complexity index is 1310. The molecule has 0 unspecified atom stereocenters. The molecule has 3 aromatic carbocycles. The minimum Gasteiger partial charge on any atom is -0.488 e. The fourth-order valence-electron chi connectivity index (χ4n) is 4.09. The maximum Gasteiger partial charge on any atom is 0.231 e. The normalized spacial score (nSPS) is 15.6. The fourth-order valence-corrected chi connectivity index (χ4v) is 4.34. The van der Waals surface area contributed by atoms with Gasteiger partial charge in [-0.2, -0.15) is 0 Å². The van der Waals surface area contributed by atoms with E-state index in [9.17, 15) is 4.79 Å². The van der Waals surface area contributed by atoms with E-state index in [1.807, 2.05) is 13.0 Å². The molecule has 0 N–H and O–H groups in total. The highest BCUT2D eigenvalue weighted by Crippen LogP contribution is 2.41. The summed E-state index contributed by atoms with van der Waals surface area (Å²) in [6.07, 6.45) is 1.68. The number of rotatable bonds is 4. The third-order valence-electron chi connectivity index (χ3n) is 5.91. The molecule has 0 spiro atoms. The first-order valence-corrected chi connectivity index (χ1v) is 11.1. The van der Waals surface area contributed by atoms with Gasteiger partial charge in [-0.3, -0.25) is 4.79 Å². The van der Waals surface area contributed by atoms with Gasteiger partial charge in [-0.25, -0.2) is 0 Å². The monoisotopic (exact) mass is 462 g/mol. The predicted octanol–water partition coefficient (Wildman–Crippen LogP) is 6.33. The van der Waals surface area contributed by atoms with E-state index >= 15 is 0 Å². The van der Waals surface area contributed by atoms with Crippen LogP contribution in [-0.4, -0.2) is 12.6 Å². The van der Waals surface area contributed by atoms with Crippen LogP contribution in [-0.2, 0) is 18.0 Å². The Labute approximate surface area is 197 Å². The number of hydrogen-bond acceptors (Lipinski definition) is 5. The van der Waals surface area contributed by atoms with Gasteiger partial charge in [-0.15, -0.1) is 0 Å². The Kier molecular flexibility index (Phi) is 5.60. The van der Waals surface area contributed by atoms with Gasteiger partial charge in [0.2, 0.25) is 5.78 Å². The van der Waals surface area contributed by atoms with E-state index in [4.69, 9.17) is 30.5 Å². The van der Waals surface area contributed by atoms with Crippen LogP contribution in [0.3, 0.4) is 0 Å². The van der Waals surface area contributed by atoms with Crippen molar-refractivity contribution in [1.82, 2.24) is 0 Å². The molecule has 33 heavy (non-hydrogen) atoms. The molecular weight excluding hydrogens is 440 g/mol. The lowest BCUT2D eigenvalue weighted by molar-refractivity contribution is -0.0165. The number of benzene rings is 3. The molecule has 0 fully saturated rings. The molecule has 0 aliphatic carbocycles. The lowest BCUT2D eigenvalue weighted by atomic mass is 10.0. The van der Waals surface area contributed by atoms with Crippen LogP contribution in [0.4, 0.5) is 0 Å². The van der Waals surface area contributed by atoms with Gasteiger partial charge < -0.3 is 18.9 Å². The molecule has 5 rings (SSSR count). The number of ketones is 1. The van der Waals surface area contributed by atoms with Crippen molar-refractivity contribution in [3.8, 4) is 17.2 Å². The van der Waals surface area contributed by atoms with Crippen molar-refractivity contribution in [2.75, 3.05) is 6.79 Å². The lowest BCUT2D eigenvalue weighted by Gasteiger charge is -2.20. The summed E-state index contributed by atoms with van der Waals surface area (Å²) in [6, 6.07) is 13.4. The summed E-state index contributed by atoms with van der Waals surface area (Å²) in [7, 11) is 0. The molecule has 0 bridgehead atoms. The molecule has 0 aromatic heterocycles. The van der Waals surface area contributed by atoms with Crippen molar-refractivity contribution in [2.24, 2.45) is 0 Å². The summed E-state index contributed by atoms with van der Waals surface area (Å²) in [4.78, 5) is 13.0. The average molecular weight is 463 g/mol. The Morgan fingerprint density at radius 1 is 1.06 bits per heavy atom. The minimum atomic E-state index is -0.185. The maximum atomic E-state index is 13.0. The molecule has 0 saturated carbocycles. The zero-order valence-electron chi connectivity index (χ0n) is 18.7. The Morgan fingerprint density at radius 2 is 1.91 bits per heavy atom. The molecule has 3 aromatic rings. The van der Waals surface area contributed by atoms with E-state index in [-0.39, 0.29) is 18.3 Å². The molecule has 5 nitrogen and oxygen atoms in total. The van der Waals surface area contributed by atoms with Crippen molar-refractivity contribution in [2.45, 2.75) is 34.0 Å². The first-order chi connectivity index (χ1) is 15.9. The zero-order chi connectivity index (χ0) is 23.1. The van der Waals surface area contributed by atoms with E-state index in [0.717, 1.165) is 16.7 Å². The number of fused-ring (bicyclic) bond motifs is 2. The molecule has 0 amide bonds. The molecule has 6 heteroatoms. The van der Waals surface area contributed by atoms with E-state index in [1.165, 1.54) is 11.1 Å². The highest BCUT2D eigenvalue weighted by molar-refractivity contribution is 6.31. The van der Waals surface area contributed by atoms with Gasteiger partial charge >= 0.3 is 0 Å². The van der Waals surface area contributed by atoms with Crippen LogP contribution in [0.5, 0.6) is 17.2 Å². The summed E-state index contributed by atoms with van der Waals surface area (Å²) < 4.78 is 23.1. The van der Waals surface area contributed by atoms with Crippen molar-refractivity contribution in [3.63, 3.8) is 0 Å². The Hall–Kier alpha value is -3.28. The van der Waals surface area contributed by atoms with Crippen LogP contribution in [0, 0.1) is 20.8 Å². The number of ether oxygens (including phenoxy) is 4. The van der Waals surface area contributed by atoms with E-state index in [2.05, 4.69) is 32.0 Å². The van der Waals surface area contributed by atoms with Crippen molar-refractivity contribution < 1.29 is 23.7 Å². The van der Waals surface area contributed by atoms with Crippen LogP contribution in [0.25, 0.3) is 6.08 Å². The van der Waals surface area contributed by atoms with Crippen LogP contribution in [0.1, 0.15) is 43.7 Å². The average Bonchev–Trinajstić information content (AvgIpc) is 3.11. The smallest absolute Gasteiger partial charge is 0.231 e. The largest absolute Gasteiger partial charge is 0.488 e. The highest BCUT2D eigenvalue weighted by Gasteiger charge is 2.31. The summed E-state index contributed by atoms with van der Waals surface area (Å²) >= 11 is 6.26. The third-order valence-corrected chi connectivity index (χ3v) is 6.13. The van der Waals surface area contributed by atoms with Crippen molar-refractivity contribution in [1.29, 1.82) is 0 Å². The molecular formula is C27H23ClO5. The van der Waals surface area contributed by atoms with Gasteiger partial charge in [0.05, 0.1) is 12.2 Å². The summed E-state index contributed by atoms with van der Waals surface area (Å²) in [5.74, 6) is 1.89. The second-order valence-corrected chi connectivity index (χ2v) is 8.75. The summed E-state index contributed by atoms with van der Waals surface area (Å²) in [6.45, 7) is 7.03. The molecule has 0 radical (unpaired) electrons. The van der Waals surface area contributed by atoms with E-state index in [1.54, 1.807) is 24.3 Å². The minimum absolute atomic E-state index is 0.153. The van der Waals surface area contributed by atoms with Gasteiger partial charge in [-0.1, -0.05) is 35.4 Å². The second kappa shape index (κ2) is 8.58. The quantitative estimate of drug-likeness (QED) is 0.424. The fraction of sp³-hybridized carbons (Fsp3) is 0.222. The summed E-state index contributed by atoms with van der Waals surface area (Å²) in [5.41, 5.74) is 6.30. The van der Waals surface area contributed by atoms with Crippen molar-refractivity contribution >= 4 is 23.5 Å². The number of halogens is 1. The van der Waals surface area contributed by atoms with Crippen LogP contribution < -0.4 is 14.2 Å². The van der Waals surface area contributed by atoms with E-state index in [0.29, 0.717) is 46.6 Å². The number of carbonyl (C=O) groups excluding carboxylic acids is 1. The number of carbonyl (C=O) groups is 1. The molecule has 2 aliphatic rings. The zero-order valence-corrected chi connectivity index (χ0v) is 19.4. The van der Waals surface area contributed by atoms with Gasteiger partial charge in [0, 0.05) is 21.7 Å². The lowest BCUT2D eigenvalue weighted by Crippen LogP contribution is -2.12. The van der Waals surface area contributed by atoms with Gasteiger partial charge in [0.1, 0.15) is 23.9 Å². The molecule has 0 saturated heterocycles. The molecule has 0 atom stereocenters. The van der Waals surface area contributed by atoms with Crippen LogP contribution in [0.2, 0.25) is 5.02 Å². The van der Waals surface area contributed by atoms with Gasteiger partial charge in [0.25, 0.3) is 0 Å². The number of aryl methyl sites for hydroxylation is 2. The molecule has 2 aliphatic heterocycles.